The molecule has 9 heteroatoms. The van der Waals surface area contributed by atoms with Crippen molar-refractivity contribution < 1.29 is 14.4 Å². The summed E-state index contributed by atoms with van der Waals surface area (Å²) in [7, 11) is 0. The Bertz CT molecular complexity index is 857. The summed E-state index contributed by atoms with van der Waals surface area (Å²) in [6.07, 6.45) is -0.200. The predicted molar refractivity (Wildman–Crippen MR) is 110 cm³/mol. The number of amidine groups is 1. The van der Waals surface area contributed by atoms with E-state index in [4.69, 9.17) is 33.8 Å². The molecule has 148 valence electrons. The van der Waals surface area contributed by atoms with E-state index < -0.39 is 5.91 Å². The Kier molecular flexibility index (Phi) is 8.10. The SMILES string of the molecule is CC(NC(=O)CO/N=C(/N)CC(=O)Nc1ccccc1Cl)c1ccc(Cl)cc1. The van der Waals surface area contributed by atoms with Gasteiger partial charge in [-0.2, -0.15) is 0 Å². The van der Waals surface area contributed by atoms with Crippen LogP contribution in [0, 0.1) is 0 Å². The number of halogens is 2. The standard InChI is InChI=1S/C19H20Cl2N4O3/c1-12(13-6-8-14(20)9-7-13)23-19(27)11-28-25-17(22)10-18(26)24-16-5-3-2-4-15(16)21/h2-9,12H,10-11H2,1H3,(H2,22,25)(H,23,27)(H,24,26). The Morgan fingerprint density at radius 3 is 2.46 bits per heavy atom. The van der Waals surface area contributed by atoms with Crippen molar-refractivity contribution in [3.8, 4) is 0 Å². The Morgan fingerprint density at radius 2 is 1.79 bits per heavy atom. The first-order valence-corrected chi connectivity index (χ1v) is 9.14. The van der Waals surface area contributed by atoms with Crippen LogP contribution in [0.3, 0.4) is 0 Å². The van der Waals surface area contributed by atoms with Gasteiger partial charge in [0.2, 0.25) is 5.91 Å². The van der Waals surface area contributed by atoms with Crippen molar-refractivity contribution in [2.45, 2.75) is 19.4 Å². The molecule has 2 amide bonds. The van der Waals surface area contributed by atoms with Gasteiger partial charge in [0.25, 0.3) is 5.91 Å². The molecule has 2 aromatic rings. The maximum absolute atomic E-state index is 11.9. The number of hydrogen-bond acceptors (Lipinski definition) is 4. The lowest BCUT2D eigenvalue weighted by molar-refractivity contribution is -0.126. The molecular formula is C19H20Cl2N4O3. The van der Waals surface area contributed by atoms with Crippen molar-refractivity contribution in [2.75, 3.05) is 11.9 Å². The number of amides is 2. The second-order valence-electron chi connectivity index (χ2n) is 5.90. The van der Waals surface area contributed by atoms with Crippen molar-refractivity contribution in [1.29, 1.82) is 0 Å². The van der Waals surface area contributed by atoms with Gasteiger partial charge in [0.15, 0.2) is 6.61 Å². The minimum absolute atomic E-state index is 0.0666. The summed E-state index contributed by atoms with van der Waals surface area (Å²) < 4.78 is 0. The smallest absolute Gasteiger partial charge is 0.261 e. The molecule has 0 saturated carbocycles. The minimum Gasteiger partial charge on any atom is -0.384 e. The van der Waals surface area contributed by atoms with Gasteiger partial charge in [-0.3, -0.25) is 9.59 Å². The van der Waals surface area contributed by atoms with Gasteiger partial charge >= 0.3 is 0 Å². The quantitative estimate of drug-likeness (QED) is 0.343. The molecule has 0 aliphatic heterocycles. The number of para-hydroxylation sites is 1. The van der Waals surface area contributed by atoms with E-state index in [0.29, 0.717) is 15.7 Å². The molecule has 4 N–H and O–H groups in total. The third-order valence-corrected chi connectivity index (χ3v) is 4.20. The van der Waals surface area contributed by atoms with Crippen molar-refractivity contribution >= 4 is 46.5 Å². The predicted octanol–water partition coefficient (Wildman–Crippen LogP) is 3.49. The van der Waals surface area contributed by atoms with Gasteiger partial charge in [-0.05, 0) is 36.8 Å². The van der Waals surface area contributed by atoms with Gasteiger partial charge in [-0.25, -0.2) is 0 Å². The highest BCUT2D eigenvalue weighted by atomic mass is 35.5. The molecule has 0 radical (unpaired) electrons. The molecule has 0 bridgehead atoms. The van der Waals surface area contributed by atoms with Crippen LogP contribution < -0.4 is 16.4 Å². The summed E-state index contributed by atoms with van der Waals surface area (Å²) in [5, 5.41) is 9.98. The Morgan fingerprint density at radius 1 is 1.11 bits per heavy atom. The van der Waals surface area contributed by atoms with Crippen molar-refractivity contribution in [3.05, 3.63) is 64.1 Å². The molecule has 0 aromatic heterocycles. The number of benzene rings is 2. The molecule has 0 aliphatic carbocycles. The van der Waals surface area contributed by atoms with E-state index in [-0.39, 0.29) is 30.8 Å². The molecule has 0 fully saturated rings. The summed E-state index contributed by atoms with van der Waals surface area (Å²) in [6, 6.07) is 13.7. The van der Waals surface area contributed by atoms with Crippen LogP contribution in [0.25, 0.3) is 0 Å². The third kappa shape index (κ3) is 7.09. The number of nitrogens with two attached hydrogens (primary N) is 1. The molecule has 1 atom stereocenters. The number of nitrogens with zero attached hydrogens (tertiary/aromatic N) is 1. The first-order chi connectivity index (χ1) is 13.3. The van der Waals surface area contributed by atoms with Crippen molar-refractivity contribution in [2.24, 2.45) is 10.9 Å². The number of hydrogen-bond donors (Lipinski definition) is 3. The van der Waals surface area contributed by atoms with Gasteiger partial charge in [-0.15, -0.1) is 0 Å². The number of rotatable bonds is 8. The number of oxime groups is 1. The zero-order valence-electron chi connectivity index (χ0n) is 15.1. The first-order valence-electron chi connectivity index (χ1n) is 8.38. The molecule has 2 aromatic carbocycles. The van der Waals surface area contributed by atoms with Crippen molar-refractivity contribution in [3.63, 3.8) is 0 Å². The van der Waals surface area contributed by atoms with Crippen LogP contribution in [0.5, 0.6) is 0 Å². The molecule has 1 unspecified atom stereocenters. The van der Waals surface area contributed by atoms with E-state index in [1.807, 2.05) is 19.1 Å². The average Bonchev–Trinajstić information content (AvgIpc) is 2.64. The van der Waals surface area contributed by atoms with Gasteiger partial charge < -0.3 is 21.2 Å². The summed E-state index contributed by atoms with van der Waals surface area (Å²) in [5.41, 5.74) is 7.02. The highest BCUT2D eigenvalue weighted by Gasteiger charge is 2.11. The Balaban J connectivity index is 1.75. The van der Waals surface area contributed by atoms with Crippen LogP contribution in [-0.4, -0.2) is 24.3 Å². The lowest BCUT2D eigenvalue weighted by Gasteiger charge is -2.14. The van der Waals surface area contributed by atoms with E-state index in [1.54, 1.807) is 36.4 Å². The van der Waals surface area contributed by atoms with Crippen LogP contribution in [0.1, 0.15) is 24.9 Å². The highest BCUT2D eigenvalue weighted by Crippen LogP contribution is 2.20. The van der Waals surface area contributed by atoms with E-state index in [9.17, 15) is 9.59 Å². The highest BCUT2D eigenvalue weighted by molar-refractivity contribution is 6.33. The number of carbonyl (C=O) groups is 2. The molecular weight excluding hydrogens is 403 g/mol. The van der Waals surface area contributed by atoms with Crippen LogP contribution in [-0.2, 0) is 14.4 Å². The van der Waals surface area contributed by atoms with Gasteiger partial charge in [0, 0.05) is 5.02 Å². The summed E-state index contributed by atoms with van der Waals surface area (Å²) in [5.74, 6) is -0.846. The number of anilines is 1. The van der Waals surface area contributed by atoms with Crippen LogP contribution in [0.2, 0.25) is 10.0 Å². The maximum atomic E-state index is 11.9. The number of carbonyl (C=O) groups excluding carboxylic acids is 2. The molecule has 0 spiro atoms. The normalized spacial score (nSPS) is 12.2. The molecule has 0 aliphatic rings. The van der Waals surface area contributed by atoms with E-state index in [2.05, 4.69) is 15.8 Å². The van der Waals surface area contributed by atoms with Gasteiger partial charge in [-0.1, -0.05) is 52.6 Å². The van der Waals surface area contributed by atoms with E-state index in [1.165, 1.54) is 0 Å². The molecule has 0 heterocycles. The van der Waals surface area contributed by atoms with Crippen molar-refractivity contribution in [1.82, 2.24) is 5.32 Å². The zero-order chi connectivity index (χ0) is 20.5. The Labute approximate surface area is 172 Å². The first kappa shape index (κ1) is 21.5. The second-order valence-corrected chi connectivity index (χ2v) is 6.75. The molecule has 7 nitrogen and oxygen atoms in total. The third-order valence-electron chi connectivity index (χ3n) is 3.61. The average molecular weight is 423 g/mol. The van der Waals surface area contributed by atoms with E-state index >= 15 is 0 Å². The van der Waals surface area contributed by atoms with Crippen LogP contribution in [0.4, 0.5) is 5.69 Å². The zero-order valence-corrected chi connectivity index (χ0v) is 16.6. The fraction of sp³-hybridized carbons (Fsp3) is 0.211. The summed E-state index contributed by atoms with van der Waals surface area (Å²) >= 11 is 11.8. The molecule has 0 saturated heterocycles. The minimum atomic E-state index is -0.404. The largest absolute Gasteiger partial charge is 0.384 e. The molecule has 28 heavy (non-hydrogen) atoms. The summed E-state index contributed by atoms with van der Waals surface area (Å²) in [6.45, 7) is 1.50. The second kappa shape index (κ2) is 10.5. The fourth-order valence-electron chi connectivity index (χ4n) is 2.25. The van der Waals surface area contributed by atoms with E-state index in [0.717, 1.165) is 5.56 Å². The topological polar surface area (TPSA) is 106 Å². The lowest BCUT2D eigenvalue weighted by atomic mass is 10.1. The van der Waals surface area contributed by atoms with Gasteiger partial charge in [0.1, 0.15) is 5.84 Å². The summed E-state index contributed by atoms with van der Waals surface area (Å²) in [4.78, 5) is 28.7. The number of nitrogens with one attached hydrogen (secondary N) is 2. The Hall–Kier alpha value is -2.77. The maximum Gasteiger partial charge on any atom is 0.261 e. The fourth-order valence-corrected chi connectivity index (χ4v) is 2.55. The lowest BCUT2D eigenvalue weighted by Crippen LogP contribution is -2.30. The monoisotopic (exact) mass is 422 g/mol. The van der Waals surface area contributed by atoms with Crippen LogP contribution >= 0.6 is 23.2 Å². The molecule has 2 rings (SSSR count). The van der Waals surface area contributed by atoms with Crippen LogP contribution in [0.15, 0.2) is 53.7 Å². The van der Waals surface area contributed by atoms with Gasteiger partial charge in [0.05, 0.1) is 23.2 Å².